The van der Waals surface area contributed by atoms with Gasteiger partial charge >= 0.3 is 0 Å². The molecule has 41 heavy (non-hydrogen) atoms. The number of fused-ring (bicyclic) bond motifs is 1. The van der Waals surface area contributed by atoms with Crippen molar-refractivity contribution < 1.29 is 18.4 Å². The van der Waals surface area contributed by atoms with Gasteiger partial charge < -0.3 is 19.1 Å². The summed E-state index contributed by atoms with van der Waals surface area (Å²) in [6.45, 7) is 9.33. The Morgan fingerprint density at radius 1 is 1.17 bits per heavy atom. The molecule has 3 aliphatic rings. The number of nitriles is 1. The van der Waals surface area contributed by atoms with Crippen LogP contribution in [0.25, 0.3) is 0 Å². The van der Waals surface area contributed by atoms with Gasteiger partial charge in [0.25, 0.3) is 11.8 Å². The highest BCUT2D eigenvalue weighted by atomic mass is 19.1. The second-order valence-corrected chi connectivity index (χ2v) is 12.2. The van der Waals surface area contributed by atoms with Gasteiger partial charge in [0.05, 0.1) is 6.26 Å². The average molecular weight is 561 g/mol. The number of carbonyl (C=O) groups is 2. The molecule has 1 aromatic heterocycles. The first-order valence-corrected chi connectivity index (χ1v) is 15.1. The van der Waals surface area contributed by atoms with Crippen molar-refractivity contribution in [2.45, 2.75) is 71.9 Å². The number of nitrogens with zero attached hydrogens (tertiary/aromatic N) is 4. The Balaban J connectivity index is 1.48. The highest BCUT2D eigenvalue weighted by Gasteiger charge is 2.51. The Bertz CT molecular complexity index is 1300. The SMILES string of the molecule is CCCCC1(C(C)C)CCC2C(C1)C(N1CCN(C(=O)c3ccco3)CC1)=C(C#N)C(=O)N2Cc1ccc(F)cc1. The van der Waals surface area contributed by atoms with Crippen LogP contribution in [-0.4, -0.2) is 58.7 Å². The molecule has 2 aromatic rings. The third-order valence-electron chi connectivity index (χ3n) is 9.78. The normalized spacial score (nSPS) is 25.0. The van der Waals surface area contributed by atoms with Crippen LogP contribution < -0.4 is 0 Å². The summed E-state index contributed by atoms with van der Waals surface area (Å²) in [6.07, 6.45) is 7.77. The first kappa shape index (κ1) is 28.9. The Hall–Kier alpha value is -3.60. The van der Waals surface area contributed by atoms with Gasteiger partial charge in [0.15, 0.2) is 5.76 Å². The van der Waals surface area contributed by atoms with Crippen LogP contribution in [0.5, 0.6) is 0 Å². The monoisotopic (exact) mass is 560 g/mol. The van der Waals surface area contributed by atoms with Crippen molar-refractivity contribution in [2.24, 2.45) is 17.3 Å². The van der Waals surface area contributed by atoms with E-state index in [1.165, 1.54) is 18.4 Å². The van der Waals surface area contributed by atoms with E-state index in [0.717, 1.165) is 49.8 Å². The number of hydrogen-bond donors (Lipinski definition) is 0. The van der Waals surface area contributed by atoms with E-state index < -0.39 is 0 Å². The molecule has 1 saturated heterocycles. The zero-order valence-corrected chi connectivity index (χ0v) is 24.4. The minimum Gasteiger partial charge on any atom is -0.459 e. The maximum atomic E-state index is 14.0. The van der Waals surface area contributed by atoms with Crippen LogP contribution >= 0.6 is 0 Å². The average Bonchev–Trinajstić information content (AvgIpc) is 3.53. The van der Waals surface area contributed by atoms with Crippen molar-refractivity contribution in [3.05, 3.63) is 71.1 Å². The Morgan fingerprint density at radius 2 is 1.90 bits per heavy atom. The molecule has 1 aliphatic carbocycles. The lowest BCUT2D eigenvalue weighted by atomic mass is 9.58. The molecular formula is C33H41FN4O3. The fourth-order valence-electron chi connectivity index (χ4n) is 7.30. The van der Waals surface area contributed by atoms with Crippen molar-refractivity contribution in [1.29, 1.82) is 5.26 Å². The standard InChI is InChI=1S/C33H41FN4O3/c1-4-5-13-33(23(2)3)14-12-28-26(20-33)30(36-15-17-37(18-16-36)32(40)29-7-6-19-41-29)27(21-35)31(39)38(28)22-24-8-10-25(34)11-9-24/h6-11,19,23,26,28H,4-5,12-18,20,22H2,1-3H3. The van der Waals surface area contributed by atoms with Gasteiger partial charge in [-0.25, -0.2) is 4.39 Å². The van der Waals surface area contributed by atoms with E-state index in [-0.39, 0.29) is 40.6 Å². The molecular weight excluding hydrogens is 519 g/mol. The number of unbranched alkanes of at least 4 members (excludes halogenated alkanes) is 1. The summed E-state index contributed by atoms with van der Waals surface area (Å²) in [6, 6.07) is 12.0. The molecule has 2 aliphatic heterocycles. The van der Waals surface area contributed by atoms with Gasteiger partial charge in [0.2, 0.25) is 0 Å². The van der Waals surface area contributed by atoms with Crippen LogP contribution in [0.4, 0.5) is 4.39 Å². The van der Waals surface area contributed by atoms with E-state index in [0.29, 0.717) is 44.4 Å². The minimum absolute atomic E-state index is 0.0307. The second-order valence-electron chi connectivity index (χ2n) is 12.2. The van der Waals surface area contributed by atoms with Gasteiger partial charge in [-0.15, -0.1) is 0 Å². The van der Waals surface area contributed by atoms with Crippen molar-refractivity contribution in [3.63, 3.8) is 0 Å². The van der Waals surface area contributed by atoms with Gasteiger partial charge in [-0.05, 0) is 66.8 Å². The van der Waals surface area contributed by atoms with Gasteiger partial charge in [-0.3, -0.25) is 9.59 Å². The van der Waals surface area contributed by atoms with Crippen LogP contribution in [-0.2, 0) is 11.3 Å². The zero-order valence-electron chi connectivity index (χ0n) is 24.4. The first-order chi connectivity index (χ1) is 19.8. The summed E-state index contributed by atoms with van der Waals surface area (Å²) in [5.74, 6) is 0.146. The molecule has 1 aromatic carbocycles. The summed E-state index contributed by atoms with van der Waals surface area (Å²) in [5, 5.41) is 10.4. The lowest BCUT2D eigenvalue weighted by molar-refractivity contribution is -0.135. The van der Waals surface area contributed by atoms with E-state index in [4.69, 9.17) is 4.42 Å². The summed E-state index contributed by atoms with van der Waals surface area (Å²) >= 11 is 0. The molecule has 0 bridgehead atoms. The van der Waals surface area contributed by atoms with Crippen molar-refractivity contribution >= 4 is 11.8 Å². The van der Waals surface area contributed by atoms with Crippen molar-refractivity contribution in [3.8, 4) is 6.07 Å². The number of rotatable bonds is 8. The summed E-state index contributed by atoms with van der Waals surface area (Å²) < 4.78 is 19.0. The van der Waals surface area contributed by atoms with E-state index in [9.17, 15) is 19.2 Å². The van der Waals surface area contributed by atoms with E-state index >= 15 is 0 Å². The smallest absolute Gasteiger partial charge is 0.289 e. The summed E-state index contributed by atoms with van der Waals surface area (Å²) in [4.78, 5) is 32.8. The van der Waals surface area contributed by atoms with Gasteiger partial charge in [0.1, 0.15) is 17.5 Å². The van der Waals surface area contributed by atoms with Crippen molar-refractivity contribution in [2.75, 3.05) is 26.2 Å². The summed E-state index contributed by atoms with van der Waals surface area (Å²) in [5.41, 5.74) is 2.08. The molecule has 0 radical (unpaired) electrons. The molecule has 2 amide bonds. The lowest BCUT2D eigenvalue weighted by Gasteiger charge is -2.54. The molecule has 1 saturated carbocycles. The molecule has 8 heteroatoms. The third kappa shape index (κ3) is 5.64. The Labute approximate surface area is 242 Å². The predicted octanol–water partition coefficient (Wildman–Crippen LogP) is 6.00. The molecule has 2 fully saturated rings. The molecule has 0 spiro atoms. The van der Waals surface area contributed by atoms with E-state index in [1.807, 2.05) is 4.90 Å². The number of hydrogen-bond acceptors (Lipinski definition) is 5. The number of halogens is 1. The fraction of sp³-hybridized carbons (Fsp3) is 0.545. The molecule has 7 nitrogen and oxygen atoms in total. The first-order valence-electron chi connectivity index (χ1n) is 15.1. The summed E-state index contributed by atoms with van der Waals surface area (Å²) in [7, 11) is 0. The molecule has 3 atom stereocenters. The van der Waals surface area contributed by atoms with Gasteiger partial charge in [0, 0.05) is 50.4 Å². The zero-order chi connectivity index (χ0) is 29.1. The largest absolute Gasteiger partial charge is 0.459 e. The fourth-order valence-corrected chi connectivity index (χ4v) is 7.30. The minimum atomic E-state index is -0.309. The number of benzene rings is 1. The van der Waals surface area contributed by atoms with Gasteiger partial charge in [-0.1, -0.05) is 45.7 Å². The molecule has 5 rings (SSSR count). The lowest BCUT2D eigenvalue weighted by Crippen LogP contribution is -2.58. The Kier molecular flexibility index (Phi) is 8.53. The number of amides is 2. The quantitative estimate of drug-likeness (QED) is 0.396. The van der Waals surface area contributed by atoms with Crippen LogP contribution in [0.2, 0.25) is 0 Å². The van der Waals surface area contributed by atoms with Gasteiger partial charge in [-0.2, -0.15) is 5.26 Å². The van der Waals surface area contributed by atoms with Crippen LogP contribution in [0, 0.1) is 34.4 Å². The molecule has 3 unspecified atom stereocenters. The predicted molar refractivity (Wildman–Crippen MR) is 154 cm³/mol. The van der Waals surface area contributed by atoms with Crippen LogP contribution in [0.15, 0.2) is 58.3 Å². The maximum absolute atomic E-state index is 14.0. The second kappa shape index (κ2) is 12.1. The molecule has 218 valence electrons. The maximum Gasteiger partial charge on any atom is 0.289 e. The van der Waals surface area contributed by atoms with E-state index in [1.54, 1.807) is 29.2 Å². The number of furan rings is 1. The van der Waals surface area contributed by atoms with Crippen LogP contribution in [0.3, 0.4) is 0 Å². The molecule has 0 N–H and O–H groups in total. The van der Waals surface area contributed by atoms with Crippen molar-refractivity contribution in [1.82, 2.24) is 14.7 Å². The number of piperazine rings is 1. The van der Waals surface area contributed by atoms with E-state index in [2.05, 4.69) is 31.7 Å². The number of carbonyl (C=O) groups excluding carboxylic acids is 2. The highest BCUT2D eigenvalue weighted by molar-refractivity contribution is 5.99. The molecule has 3 heterocycles. The third-order valence-corrected chi connectivity index (χ3v) is 9.78. The van der Waals surface area contributed by atoms with Crippen LogP contribution in [0.1, 0.15) is 75.4 Å². The Morgan fingerprint density at radius 3 is 2.51 bits per heavy atom. The highest BCUT2D eigenvalue weighted by Crippen LogP contribution is 2.53. The topological polar surface area (TPSA) is 80.8 Å².